The Labute approximate surface area is 216 Å². The fourth-order valence-electron chi connectivity index (χ4n) is 7.27. The van der Waals surface area contributed by atoms with Gasteiger partial charge in [0, 0.05) is 50.1 Å². The van der Waals surface area contributed by atoms with Gasteiger partial charge in [0.2, 0.25) is 0 Å². The molecule has 0 heterocycles. The smallest absolute Gasteiger partial charge is 0.194 e. The topological polar surface area (TPSA) is 74.6 Å². The summed E-state index contributed by atoms with van der Waals surface area (Å²) in [6, 6.07) is 19.6. The summed E-state index contributed by atoms with van der Waals surface area (Å²) in [5.74, 6) is -0.0848. The third-order valence-corrected chi connectivity index (χ3v) is 8.73. The van der Waals surface area contributed by atoms with Crippen molar-refractivity contribution in [3.05, 3.63) is 101 Å². The zero-order chi connectivity index (χ0) is 25.4. The van der Waals surface area contributed by atoms with Crippen molar-refractivity contribution < 1.29 is 19.8 Å². The SMILES string of the molecule is O=C1CC=CC2=C1c1cc(O)c3c4ccc5c6c(cc(O)c(c7ccc(c1c73)C2=O)c64)-c1ccccc1C5. The fraction of sp³-hybridized carbons (Fsp3) is 0.0588. The summed E-state index contributed by atoms with van der Waals surface area (Å²) in [7, 11) is 0. The summed E-state index contributed by atoms with van der Waals surface area (Å²) in [6.45, 7) is 0. The standard InChI is InChI=1S/C34H18O4/c35-24-7-3-6-20-28(24)23-14-26(37)31-18-9-8-16-12-15-4-1-2-5-17(15)22-13-25(36)30(32(18)27(16)22)19-10-11-21(34(20)38)29(23)33(19)31/h1-6,8-11,13-14,36-37H,7,12H2. The van der Waals surface area contributed by atoms with Gasteiger partial charge in [0.15, 0.2) is 11.6 Å². The molecule has 3 aliphatic rings. The molecule has 6 aromatic rings. The quantitative estimate of drug-likeness (QED) is 0.174. The molecule has 9 rings (SSSR count). The van der Waals surface area contributed by atoms with E-state index in [0.717, 1.165) is 39.1 Å². The van der Waals surface area contributed by atoms with E-state index >= 15 is 0 Å². The van der Waals surface area contributed by atoms with Crippen LogP contribution < -0.4 is 0 Å². The molecule has 0 saturated carbocycles. The van der Waals surface area contributed by atoms with Gasteiger partial charge in [0.25, 0.3) is 0 Å². The molecule has 0 saturated heterocycles. The third-order valence-electron chi connectivity index (χ3n) is 8.73. The monoisotopic (exact) mass is 490 g/mol. The lowest BCUT2D eigenvalue weighted by atomic mass is 9.75. The zero-order valence-corrected chi connectivity index (χ0v) is 20.1. The Hall–Kier alpha value is -4.96. The van der Waals surface area contributed by atoms with Crippen molar-refractivity contribution in [1.82, 2.24) is 0 Å². The molecule has 0 spiro atoms. The number of fused-ring (bicyclic) bond motifs is 5. The lowest BCUT2D eigenvalue weighted by Gasteiger charge is -2.27. The van der Waals surface area contributed by atoms with Crippen LogP contribution in [0.3, 0.4) is 0 Å². The number of hydrogen-bond donors (Lipinski definition) is 2. The van der Waals surface area contributed by atoms with Crippen LogP contribution in [-0.4, -0.2) is 21.8 Å². The molecular formula is C34H18O4. The molecule has 4 nitrogen and oxygen atoms in total. The molecule has 6 aromatic carbocycles. The van der Waals surface area contributed by atoms with Crippen LogP contribution in [0.1, 0.15) is 33.5 Å². The number of allylic oxidation sites excluding steroid dienone is 4. The number of Topliss-reactive ketones (excluding diaryl/α,β-unsaturated/α-hetero) is 2. The first-order valence-corrected chi connectivity index (χ1v) is 12.7. The third kappa shape index (κ3) is 2.15. The molecule has 0 amide bonds. The average molecular weight is 491 g/mol. The van der Waals surface area contributed by atoms with Gasteiger partial charge in [-0.1, -0.05) is 54.6 Å². The van der Waals surface area contributed by atoms with E-state index in [1.165, 1.54) is 11.1 Å². The second-order valence-electron chi connectivity index (χ2n) is 10.6. The van der Waals surface area contributed by atoms with Gasteiger partial charge >= 0.3 is 0 Å². The number of carbonyl (C=O) groups is 2. The van der Waals surface area contributed by atoms with Gasteiger partial charge in [-0.05, 0) is 68.6 Å². The molecule has 38 heavy (non-hydrogen) atoms. The van der Waals surface area contributed by atoms with Crippen LogP contribution in [0.5, 0.6) is 11.5 Å². The van der Waals surface area contributed by atoms with Crippen molar-refractivity contribution in [3.8, 4) is 22.6 Å². The molecular weight excluding hydrogens is 472 g/mol. The second kappa shape index (κ2) is 6.48. The van der Waals surface area contributed by atoms with Gasteiger partial charge in [-0.15, -0.1) is 0 Å². The highest BCUT2D eigenvalue weighted by Gasteiger charge is 2.34. The highest BCUT2D eigenvalue weighted by atomic mass is 16.3. The number of carbonyl (C=O) groups excluding carboxylic acids is 2. The summed E-state index contributed by atoms with van der Waals surface area (Å²) in [5, 5.41) is 29.4. The van der Waals surface area contributed by atoms with Crippen LogP contribution in [-0.2, 0) is 11.2 Å². The molecule has 178 valence electrons. The molecule has 0 aromatic heterocycles. The number of phenols is 2. The van der Waals surface area contributed by atoms with E-state index in [0.29, 0.717) is 43.8 Å². The summed E-state index contributed by atoms with van der Waals surface area (Å²) in [4.78, 5) is 26.6. The van der Waals surface area contributed by atoms with Crippen LogP contribution in [0.25, 0.3) is 59.8 Å². The first kappa shape index (κ1) is 20.1. The van der Waals surface area contributed by atoms with Crippen molar-refractivity contribution in [2.75, 3.05) is 0 Å². The Morgan fingerprint density at radius 3 is 2.13 bits per heavy atom. The number of rotatable bonds is 0. The average Bonchev–Trinajstić information content (AvgIpc) is 2.92. The summed E-state index contributed by atoms with van der Waals surface area (Å²) < 4.78 is 0. The van der Waals surface area contributed by atoms with Crippen LogP contribution in [0.2, 0.25) is 0 Å². The van der Waals surface area contributed by atoms with Crippen molar-refractivity contribution >= 4 is 60.2 Å². The maximum absolute atomic E-state index is 13.6. The predicted octanol–water partition coefficient (Wildman–Crippen LogP) is 7.20. The van der Waals surface area contributed by atoms with Gasteiger partial charge in [-0.25, -0.2) is 0 Å². The largest absolute Gasteiger partial charge is 0.507 e. The zero-order valence-electron chi connectivity index (χ0n) is 20.1. The molecule has 3 aliphatic carbocycles. The van der Waals surface area contributed by atoms with Crippen LogP contribution >= 0.6 is 0 Å². The maximum atomic E-state index is 13.6. The van der Waals surface area contributed by atoms with E-state index in [-0.39, 0.29) is 29.5 Å². The Balaban J connectivity index is 1.55. The number of ketones is 2. The van der Waals surface area contributed by atoms with E-state index in [9.17, 15) is 19.8 Å². The molecule has 4 heteroatoms. The van der Waals surface area contributed by atoms with E-state index in [4.69, 9.17) is 0 Å². The minimum absolute atomic E-state index is 0.0662. The van der Waals surface area contributed by atoms with Crippen LogP contribution in [0.15, 0.2) is 78.4 Å². The Kier molecular flexibility index (Phi) is 3.43. The Morgan fingerprint density at radius 1 is 0.605 bits per heavy atom. The first-order valence-electron chi connectivity index (χ1n) is 12.7. The highest BCUT2D eigenvalue weighted by molar-refractivity contribution is 6.44. The predicted molar refractivity (Wildman–Crippen MR) is 149 cm³/mol. The molecule has 0 radical (unpaired) electrons. The van der Waals surface area contributed by atoms with E-state index in [1.807, 2.05) is 30.3 Å². The summed E-state index contributed by atoms with van der Waals surface area (Å²) in [5.41, 5.74) is 6.34. The number of benzene rings is 6. The maximum Gasteiger partial charge on any atom is 0.194 e. The highest BCUT2D eigenvalue weighted by Crippen LogP contribution is 2.54. The second-order valence-corrected chi connectivity index (χ2v) is 10.6. The molecule has 0 fully saturated rings. The lowest BCUT2D eigenvalue weighted by molar-refractivity contribution is -0.113. The van der Waals surface area contributed by atoms with Crippen molar-refractivity contribution in [2.24, 2.45) is 0 Å². The van der Waals surface area contributed by atoms with Crippen LogP contribution in [0, 0.1) is 0 Å². The minimum atomic E-state index is -0.183. The van der Waals surface area contributed by atoms with Crippen molar-refractivity contribution in [3.63, 3.8) is 0 Å². The van der Waals surface area contributed by atoms with Crippen molar-refractivity contribution in [2.45, 2.75) is 12.8 Å². The van der Waals surface area contributed by atoms with E-state index < -0.39 is 0 Å². The molecule has 0 unspecified atom stereocenters. The number of aromatic hydroxyl groups is 2. The fourth-order valence-corrected chi connectivity index (χ4v) is 7.27. The number of phenolic OH excluding ortho intramolecular Hbond substituents is 2. The van der Waals surface area contributed by atoms with Gasteiger partial charge in [0.05, 0.1) is 0 Å². The normalized spacial score (nSPS) is 15.8. The summed E-state index contributed by atoms with van der Waals surface area (Å²) >= 11 is 0. The molecule has 0 aliphatic heterocycles. The van der Waals surface area contributed by atoms with Crippen molar-refractivity contribution in [1.29, 1.82) is 0 Å². The lowest BCUT2D eigenvalue weighted by Crippen LogP contribution is -2.18. The molecule has 0 bridgehead atoms. The Morgan fingerprint density at radius 2 is 1.32 bits per heavy atom. The number of hydrogen-bond acceptors (Lipinski definition) is 4. The van der Waals surface area contributed by atoms with Gasteiger partial charge in [-0.3, -0.25) is 9.59 Å². The van der Waals surface area contributed by atoms with E-state index in [2.05, 4.69) is 18.2 Å². The molecule has 0 atom stereocenters. The Bertz CT molecular complexity index is 2230. The van der Waals surface area contributed by atoms with Gasteiger partial charge in [0.1, 0.15) is 11.5 Å². The van der Waals surface area contributed by atoms with Gasteiger partial charge < -0.3 is 10.2 Å². The summed E-state index contributed by atoms with van der Waals surface area (Å²) in [6.07, 6.45) is 4.46. The minimum Gasteiger partial charge on any atom is -0.507 e. The first-order chi connectivity index (χ1) is 18.5. The van der Waals surface area contributed by atoms with Gasteiger partial charge in [-0.2, -0.15) is 0 Å². The molecule has 2 N–H and O–H groups in total. The van der Waals surface area contributed by atoms with E-state index in [1.54, 1.807) is 24.3 Å². The van der Waals surface area contributed by atoms with Crippen LogP contribution in [0.4, 0.5) is 0 Å².